The zero-order valence-electron chi connectivity index (χ0n) is 9.39. The molecule has 0 aromatic heterocycles. The fourth-order valence-electron chi connectivity index (χ4n) is 2.12. The van der Waals surface area contributed by atoms with Gasteiger partial charge < -0.3 is 5.32 Å². The van der Waals surface area contributed by atoms with Crippen molar-refractivity contribution in [3.63, 3.8) is 0 Å². The lowest BCUT2D eigenvalue weighted by Crippen LogP contribution is -2.39. The maximum atomic E-state index is 3.61. The van der Waals surface area contributed by atoms with Crippen molar-refractivity contribution in [2.75, 3.05) is 0 Å². The van der Waals surface area contributed by atoms with Crippen molar-refractivity contribution in [3.8, 4) is 0 Å². The van der Waals surface area contributed by atoms with Gasteiger partial charge in [0.05, 0.1) is 0 Å². The van der Waals surface area contributed by atoms with E-state index in [0.717, 1.165) is 18.5 Å². The number of rotatable bonds is 3. The summed E-state index contributed by atoms with van der Waals surface area (Å²) in [5.41, 5.74) is 2.67. The van der Waals surface area contributed by atoms with Crippen LogP contribution in [0.5, 0.6) is 0 Å². The van der Waals surface area contributed by atoms with Crippen LogP contribution in [0.15, 0.2) is 22.7 Å². The van der Waals surface area contributed by atoms with Crippen LogP contribution < -0.4 is 5.32 Å². The molecule has 1 aromatic rings. The Morgan fingerprint density at radius 1 is 1.40 bits per heavy atom. The smallest absolute Gasteiger partial charge is 0.0222 e. The predicted octanol–water partition coefficient (Wildman–Crippen LogP) is 3.65. The van der Waals surface area contributed by atoms with Crippen LogP contribution in [0.3, 0.4) is 0 Å². The van der Waals surface area contributed by atoms with Crippen molar-refractivity contribution >= 4 is 15.9 Å². The molecule has 0 spiro atoms. The standard InChI is InChI=1S/C13H18BrN/c1-9-3-4-11(13(14)7-9)8-15-12-5-10(2)6-12/h3-4,7,10,12,15H,5-6,8H2,1-2H3. The predicted molar refractivity (Wildman–Crippen MR) is 67.9 cm³/mol. The maximum absolute atomic E-state index is 3.61. The van der Waals surface area contributed by atoms with E-state index in [-0.39, 0.29) is 0 Å². The summed E-state index contributed by atoms with van der Waals surface area (Å²) in [6, 6.07) is 7.30. The van der Waals surface area contributed by atoms with Gasteiger partial charge in [0.15, 0.2) is 0 Å². The normalized spacial score (nSPS) is 25.0. The molecule has 2 rings (SSSR count). The molecule has 1 nitrogen and oxygen atoms in total. The van der Waals surface area contributed by atoms with E-state index in [2.05, 4.69) is 53.3 Å². The summed E-state index contributed by atoms with van der Waals surface area (Å²) in [7, 11) is 0. The summed E-state index contributed by atoms with van der Waals surface area (Å²) in [4.78, 5) is 0. The topological polar surface area (TPSA) is 12.0 Å². The molecule has 82 valence electrons. The second-order valence-electron chi connectivity index (χ2n) is 4.75. The van der Waals surface area contributed by atoms with Gasteiger partial charge in [0.2, 0.25) is 0 Å². The van der Waals surface area contributed by atoms with E-state index in [9.17, 15) is 0 Å². The molecule has 0 saturated heterocycles. The van der Waals surface area contributed by atoms with Crippen molar-refractivity contribution in [2.24, 2.45) is 5.92 Å². The molecule has 0 amide bonds. The molecule has 1 aromatic carbocycles. The molecule has 15 heavy (non-hydrogen) atoms. The minimum absolute atomic E-state index is 0.744. The Morgan fingerprint density at radius 3 is 2.73 bits per heavy atom. The largest absolute Gasteiger partial charge is 0.310 e. The van der Waals surface area contributed by atoms with Crippen LogP contribution in [-0.4, -0.2) is 6.04 Å². The van der Waals surface area contributed by atoms with Gasteiger partial charge in [0.25, 0.3) is 0 Å². The van der Waals surface area contributed by atoms with E-state index in [0.29, 0.717) is 0 Å². The van der Waals surface area contributed by atoms with Gasteiger partial charge in [-0.15, -0.1) is 0 Å². The third-order valence-corrected chi connectivity index (χ3v) is 3.90. The highest BCUT2D eigenvalue weighted by Crippen LogP contribution is 2.27. The molecule has 0 bridgehead atoms. The monoisotopic (exact) mass is 267 g/mol. The van der Waals surface area contributed by atoms with Crippen molar-refractivity contribution in [1.29, 1.82) is 0 Å². The highest BCUT2D eigenvalue weighted by molar-refractivity contribution is 9.10. The first kappa shape index (κ1) is 11.2. The lowest BCUT2D eigenvalue weighted by atomic mass is 9.82. The van der Waals surface area contributed by atoms with Crippen molar-refractivity contribution in [2.45, 2.75) is 39.3 Å². The molecular formula is C13H18BrN. The molecule has 1 aliphatic rings. The first-order valence-electron chi connectivity index (χ1n) is 5.63. The molecule has 2 heteroatoms. The van der Waals surface area contributed by atoms with Crippen LogP contribution >= 0.6 is 15.9 Å². The van der Waals surface area contributed by atoms with E-state index in [1.165, 1.54) is 28.4 Å². The Morgan fingerprint density at radius 2 is 2.13 bits per heavy atom. The average Bonchev–Trinajstić information content (AvgIpc) is 2.13. The molecule has 0 unspecified atom stereocenters. The molecule has 0 aliphatic heterocycles. The van der Waals surface area contributed by atoms with Gasteiger partial charge in [0, 0.05) is 17.1 Å². The second kappa shape index (κ2) is 4.67. The van der Waals surface area contributed by atoms with Gasteiger partial charge in [-0.1, -0.05) is 35.0 Å². The molecular weight excluding hydrogens is 250 g/mol. The number of benzene rings is 1. The Kier molecular flexibility index (Phi) is 3.47. The number of aryl methyl sites for hydroxylation is 1. The van der Waals surface area contributed by atoms with Gasteiger partial charge in [-0.05, 0) is 42.9 Å². The Bertz CT molecular complexity index is 342. The van der Waals surface area contributed by atoms with E-state index in [4.69, 9.17) is 0 Å². The van der Waals surface area contributed by atoms with E-state index >= 15 is 0 Å². The maximum Gasteiger partial charge on any atom is 0.0222 e. The average molecular weight is 268 g/mol. The summed E-state index contributed by atoms with van der Waals surface area (Å²) < 4.78 is 1.22. The molecule has 0 radical (unpaired) electrons. The van der Waals surface area contributed by atoms with Crippen molar-refractivity contribution in [1.82, 2.24) is 5.32 Å². The number of halogens is 1. The van der Waals surface area contributed by atoms with E-state index < -0.39 is 0 Å². The zero-order chi connectivity index (χ0) is 10.8. The molecule has 1 saturated carbocycles. The third kappa shape index (κ3) is 2.82. The summed E-state index contributed by atoms with van der Waals surface area (Å²) >= 11 is 3.61. The fourth-order valence-corrected chi connectivity index (χ4v) is 2.75. The quantitative estimate of drug-likeness (QED) is 0.882. The molecule has 0 atom stereocenters. The van der Waals surface area contributed by atoms with E-state index in [1.54, 1.807) is 0 Å². The van der Waals surface area contributed by atoms with Crippen LogP contribution in [0.2, 0.25) is 0 Å². The molecule has 1 N–H and O–H groups in total. The fraction of sp³-hybridized carbons (Fsp3) is 0.538. The highest BCUT2D eigenvalue weighted by atomic mass is 79.9. The SMILES string of the molecule is Cc1ccc(CNC2CC(C)C2)c(Br)c1. The zero-order valence-corrected chi connectivity index (χ0v) is 11.0. The van der Waals surface area contributed by atoms with Crippen molar-refractivity contribution < 1.29 is 0 Å². The first-order valence-corrected chi connectivity index (χ1v) is 6.43. The van der Waals surface area contributed by atoms with Gasteiger partial charge in [0.1, 0.15) is 0 Å². The number of nitrogens with one attached hydrogen (secondary N) is 1. The van der Waals surface area contributed by atoms with Gasteiger partial charge in [-0.3, -0.25) is 0 Å². The lowest BCUT2D eigenvalue weighted by molar-refractivity contribution is 0.240. The minimum Gasteiger partial charge on any atom is -0.310 e. The van der Waals surface area contributed by atoms with E-state index in [1.807, 2.05) is 0 Å². The number of hydrogen-bond acceptors (Lipinski definition) is 1. The van der Waals surface area contributed by atoms with Crippen LogP contribution in [0.25, 0.3) is 0 Å². The Balaban J connectivity index is 1.88. The first-order chi connectivity index (χ1) is 7.15. The Labute approximate surface area is 100 Å². The van der Waals surface area contributed by atoms with Crippen LogP contribution in [-0.2, 0) is 6.54 Å². The Hall–Kier alpha value is -0.340. The highest BCUT2D eigenvalue weighted by Gasteiger charge is 2.24. The molecule has 1 fully saturated rings. The lowest BCUT2D eigenvalue weighted by Gasteiger charge is -2.33. The van der Waals surface area contributed by atoms with Crippen LogP contribution in [0.1, 0.15) is 30.9 Å². The summed E-state index contributed by atoms with van der Waals surface area (Å²) in [6.45, 7) is 5.42. The van der Waals surface area contributed by atoms with Gasteiger partial charge in [-0.2, -0.15) is 0 Å². The minimum atomic E-state index is 0.744. The summed E-state index contributed by atoms with van der Waals surface area (Å²) in [6.07, 6.45) is 2.67. The molecule has 1 aliphatic carbocycles. The number of hydrogen-bond donors (Lipinski definition) is 1. The van der Waals surface area contributed by atoms with Crippen molar-refractivity contribution in [3.05, 3.63) is 33.8 Å². The van der Waals surface area contributed by atoms with Gasteiger partial charge >= 0.3 is 0 Å². The van der Waals surface area contributed by atoms with Crippen LogP contribution in [0, 0.1) is 12.8 Å². The summed E-state index contributed by atoms with van der Waals surface area (Å²) in [5.74, 6) is 0.920. The van der Waals surface area contributed by atoms with Crippen LogP contribution in [0.4, 0.5) is 0 Å². The van der Waals surface area contributed by atoms with Gasteiger partial charge in [-0.25, -0.2) is 0 Å². The third-order valence-electron chi connectivity index (χ3n) is 3.16. The summed E-state index contributed by atoms with van der Waals surface area (Å²) in [5, 5.41) is 3.60. The second-order valence-corrected chi connectivity index (χ2v) is 5.60. The molecule has 0 heterocycles.